The number of nitrogens with one attached hydrogen (secondary N) is 1. The van der Waals surface area contributed by atoms with Crippen molar-refractivity contribution in [3.63, 3.8) is 0 Å². The summed E-state index contributed by atoms with van der Waals surface area (Å²) in [5, 5.41) is 5.54. The fraction of sp³-hybridized carbons (Fsp3) is 0.200. The van der Waals surface area contributed by atoms with Gasteiger partial charge in [0, 0.05) is 11.4 Å². The van der Waals surface area contributed by atoms with Crippen molar-refractivity contribution in [1.82, 2.24) is 9.97 Å². The van der Waals surface area contributed by atoms with E-state index in [0.29, 0.717) is 16.6 Å². The first-order chi connectivity index (χ1) is 10.2. The van der Waals surface area contributed by atoms with Crippen LogP contribution in [0.2, 0.25) is 10.0 Å². The van der Waals surface area contributed by atoms with E-state index in [-0.39, 0.29) is 0 Å². The van der Waals surface area contributed by atoms with Crippen LogP contribution in [0.5, 0.6) is 0 Å². The normalized spacial score (nSPS) is 11.0. The summed E-state index contributed by atoms with van der Waals surface area (Å²) in [6, 6.07) is 7.76. The third-order valence-electron chi connectivity index (χ3n) is 3.17. The summed E-state index contributed by atoms with van der Waals surface area (Å²) < 4.78 is 0. The zero-order chi connectivity index (χ0) is 14.8. The van der Waals surface area contributed by atoms with Gasteiger partial charge in [-0.3, -0.25) is 0 Å². The summed E-state index contributed by atoms with van der Waals surface area (Å²) in [6.45, 7) is 2.78. The van der Waals surface area contributed by atoms with Crippen LogP contribution in [-0.4, -0.2) is 9.97 Å². The van der Waals surface area contributed by atoms with Crippen molar-refractivity contribution in [1.29, 1.82) is 0 Å². The molecule has 2 heterocycles. The Morgan fingerprint density at radius 3 is 2.76 bits per heavy atom. The van der Waals surface area contributed by atoms with E-state index in [1.54, 1.807) is 23.7 Å². The zero-order valence-electron chi connectivity index (χ0n) is 11.4. The maximum absolute atomic E-state index is 6.03. The van der Waals surface area contributed by atoms with E-state index in [9.17, 15) is 0 Å². The Balaban J connectivity index is 1.84. The summed E-state index contributed by atoms with van der Waals surface area (Å²) in [6.07, 6.45) is 2.60. The van der Waals surface area contributed by atoms with Crippen LogP contribution in [0.25, 0.3) is 10.2 Å². The predicted octanol–water partition coefficient (Wildman–Crippen LogP) is 5.17. The Morgan fingerprint density at radius 1 is 1.14 bits per heavy atom. The molecule has 0 aliphatic rings. The van der Waals surface area contributed by atoms with Gasteiger partial charge in [-0.2, -0.15) is 0 Å². The Hall–Kier alpha value is -1.36. The van der Waals surface area contributed by atoms with Crippen molar-refractivity contribution in [2.45, 2.75) is 19.9 Å². The Bertz CT molecular complexity index is 786. The van der Waals surface area contributed by atoms with Crippen LogP contribution in [0.3, 0.4) is 0 Å². The molecule has 0 unspecified atom stereocenters. The van der Waals surface area contributed by atoms with E-state index in [4.69, 9.17) is 23.2 Å². The minimum Gasteiger partial charge on any atom is -0.365 e. The molecule has 3 aromatic rings. The lowest BCUT2D eigenvalue weighted by atomic mass is 10.2. The summed E-state index contributed by atoms with van der Waals surface area (Å²) in [7, 11) is 0. The molecule has 6 heteroatoms. The molecule has 0 aliphatic heterocycles. The standard InChI is InChI=1S/C15H13Cl2N3S/c1-2-10-6-11-14(19-8-20-15(11)21-10)18-7-9-3-4-12(16)13(17)5-9/h3-6,8H,2,7H2,1H3,(H,18,19,20). The van der Waals surface area contributed by atoms with E-state index in [1.807, 2.05) is 12.1 Å². The van der Waals surface area contributed by atoms with Crippen LogP contribution in [-0.2, 0) is 13.0 Å². The molecule has 21 heavy (non-hydrogen) atoms. The number of benzene rings is 1. The molecular weight excluding hydrogens is 325 g/mol. The third kappa shape index (κ3) is 3.12. The Labute approximate surface area is 137 Å². The van der Waals surface area contributed by atoms with Gasteiger partial charge in [-0.15, -0.1) is 11.3 Å². The Kier molecular flexibility index (Phi) is 4.29. The van der Waals surface area contributed by atoms with Crippen molar-refractivity contribution < 1.29 is 0 Å². The van der Waals surface area contributed by atoms with E-state index in [0.717, 1.165) is 28.0 Å². The van der Waals surface area contributed by atoms with Crippen LogP contribution in [0.1, 0.15) is 17.4 Å². The van der Waals surface area contributed by atoms with Gasteiger partial charge in [-0.05, 0) is 30.2 Å². The molecule has 1 aromatic carbocycles. The highest BCUT2D eigenvalue weighted by molar-refractivity contribution is 7.18. The number of aryl methyl sites for hydroxylation is 1. The molecule has 0 fully saturated rings. The number of hydrogen-bond acceptors (Lipinski definition) is 4. The van der Waals surface area contributed by atoms with Crippen molar-refractivity contribution in [3.8, 4) is 0 Å². The maximum Gasteiger partial charge on any atom is 0.138 e. The molecule has 0 spiro atoms. The molecule has 3 nitrogen and oxygen atoms in total. The molecule has 0 atom stereocenters. The first kappa shape index (κ1) is 14.6. The van der Waals surface area contributed by atoms with E-state index < -0.39 is 0 Å². The minimum absolute atomic E-state index is 0.563. The van der Waals surface area contributed by atoms with Crippen LogP contribution in [0.15, 0.2) is 30.6 Å². The van der Waals surface area contributed by atoms with Gasteiger partial charge in [-0.1, -0.05) is 36.2 Å². The first-order valence-electron chi connectivity index (χ1n) is 6.58. The summed E-state index contributed by atoms with van der Waals surface area (Å²) in [4.78, 5) is 11.0. The predicted molar refractivity (Wildman–Crippen MR) is 90.6 cm³/mol. The van der Waals surface area contributed by atoms with Gasteiger partial charge in [-0.25, -0.2) is 9.97 Å². The average molecular weight is 338 g/mol. The fourth-order valence-corrected chi connectivity index (χ4v) is 3.31. The second kappa shape index (κ2) is 6.18. The summed E-state index contributed by atoms with van der Waals surface area (Å²) in [5.41, 5.74) is 1.06. The van der Waals surface area contributed by atoms with Gasteiger partial charge in [0.25, 0.3) is 0 Å². The molecule has 0 saturated heterocycles. The zero-order valence-corrected chi connectivity index (χ0v) is 13.7. The van der Waals surface area contributed by atoms with Crippen LogP contribution < -0.4 is 5.32 Å². The Morgan fingerprint density at radius 2 is 2.00 bits per heavy atom. The lowest BCUT2D eigenvalue weighted by Crippen LogP contribution is -2.01. The second-order valence-corrected chi connectivity index (χ2v) is 6.54. The molecule has 0 radical (unpaired) electrons. The number of aromatic nitrogens is 2. The first-order valence-corrected chi connectivity index (χ1v) is 8.16. The van der Waals surface area contributed by atoms with Crippen molar-refractivity contribution in [2.24, 2.45) is 0 Å². The van der Waals surface area contributed by atoms with E-state index >= 15 is 0 Å². The topological polar surface area (TPSA) is 37.8 Å². The highest BCUT2D eigenvalue weighted by Crippen LogP contribution is 2.29. The number of rotatable bonds is 4. The van der Waals surface area contributed by atoms with Crippen LogP contribution >= 0.6 is 34.5 Å². The molecular formula is C15H13Cl2N3S. The van der Waals surface area contributed by atoms with Gasteiger partial charge in [0.05, 0.1) is 15.4 Å². The molecule has 0 saturated carbocycles. The minimum atomic E-state index is 0.563. The fourth-order valence-electron chi connectivity index (χ4n) is 2.06. The SMILES string of the molecule is CCc1cc2c(NCc3ccc(Cl)c(Cl)c3)ncnc2s1. The van der Waals surface area contributed by atoms with Gasteiger partial charge in [0.15, 0.2) is 0 Å². The van der Waals surface area contributed by atoms with Crippen molar-refractivity contribution in [3.05, 3.63) is 51.1 Å². The second-order valence-electron chi connectivity index (χ2n) is 4.61. The summed E-state index contributed by atoms with van der Waals surface area (Å²) >= 11 is 13.7. The number of nitrogens with zero attached hydrogens (tertiary/aromatic N) is 2. The monoisotopic (exact) mass is 337 g/mol. The molecule has 0 bridgehead atoms. The largest absolute Gasteiger partial charge is 0.365 e. The number of thiophene rings is 1. The maximum atomic E-state index is 6.03. The molecule has 3 rings (SSSR count). The quantitative estimate of drug-likeness (QED) is 0.713. The highest BCUT2D eigenvalue weighted by atomic mass is 35.5. The lowest BCUT2D eigenvalue weighted by molar-refractivity contribution is 1.10. The number of halogens is 2. The number of hydrogen-bond donors (Lipinski definition) is 1. The average Bonchev–Trinajstić information content (AvgIpc) is 2.92. The van der Waals surface area contributed by atoms with Crippen molar-refractivity contribution >= 4 is 50.6 Å². The van der Waals surface area contributed by atoms with E-state index in [1.165, 1.54) is 4.88 Å². The smallest absolute Gasteiger partial charge is 0.138 e. The molecule has 0 aliphatic carbocycles. The number of anilines is 1. The summed E-state index contributed by atoms with van der Waals surface area (Å²) in [5.74, 6) is 0.849. The molecule has 0 amide bonds. The highest BCUT2D eigenvalue weighted by Gasteiger charge is 2.08. The number of fused-ring (bicyclic) bond motifs is 1. The van der Waals surface area contributed by atoms with Crippen LogP contribution in [0.4, 0.5) is 5.82 Å². The molecule has 108 valence electrons. The molecule has 1 N–H and O–H groups in total. The van der Waals surface area contributed by atoms with Crippen molar-refractivity contribution in [2.75, 3.05) is 5.32 Å². The third-order valence-corrected chi connectivity index (χ3v) is 5.10. The van der Waals surface area contributed by atoms with Gasteiger partial charge in [0.1, 0.15) is 17.0 Å². The van der Waals surface area contributed by atoms with E-state index in [2.05, 4.69) is 28.3 Å². The molecule has 2 aromatic heterocycles. The lowest BCUT2D eigenvalue weighted by Gasteiger charge is -2.07. The van der Waals surface area contributed by atoms with Gasteiger partial charge < -0.3 is 5.32 Å². The van der Waals surface area contributed by atoms with Gasteiger partial charge in [0.2, 0.25) is 0 Å². The van der Waals surface area contributed by atoms with Gasteiger partial charge >= 0.3 is 0 Å². The van der Waals surface area contributed by atoms with Crippen LogP contribution in [0, 0.1) is 0 Å².